The van der Waals surface area contributed by atoms with E-state index in [2.05, 4.69) is 24.2 Å². The van der Waals surface area contributed by atoms with Gasteiger partial charge < -0.3 is 20.1 Å². The SMILES string of the molecule is COc1cc(C(C)NCC2CCCN2C)ccc1O. The van der Waals surface area contributed by atoms with Crippen molar-refractivity contribution in [1.29, 1.82) is 0 Å². The summed E-state index contributed by atoms with van der Waals surface area (Å²) in [6.45, 7) is 4.34. The molecule has 1 aliphatic rings. The number of likely N-dealkylation sites (tertiary alicyclic amines) is 1. The second kappa shape index (κ2) is 6.26. The molecule has 1 aliphatic heterocycles. The number of phenols is 1. The Kier molecular flexibility index (Phi) is 4.66. The standard InChI is InChI=1S/C15H24N2O2/c1-11(16-10-13-5-4-8-17(13)2)12-6-7-14(18)15(9-12)19-3/h6-7,9,11,13,16,18H,4-5,8,10H2,1-3H3. The number of phenolic OH excluding ortho intramolecular Hbond substituents is 1. The zero-order valence-electron chi connectivity index (χ0n) is 12.0. The molecule has 1 aromatic carbocycles. The smallest absolute Gasteiger partial charge is 0.160 e. The van der Waals surface area contributed by atoms with E-state index in [0.717, 1.165) is 12.1 Å². The lowest BCUT2D eigenvalue weighted by Crippen LogP contribution is -2.36. The first kappa shape index (κ1) is 14.2. The van der Waals surface area contributed by atoms with Crippen LogP contribution in [0.5, 0.6) is 11.5 Å². The number of rotatable bonds is 5. The maximum Gasteiger partial charge on any atom is 0.160 e. The highest BCUT2D eigenvalue weighted by molar-refractivity contribution is 5.42. The van der Waals surface area contributed by atoms with Crippen LogP contribution in [0.4, 0.5) is 0 Å². The molecule has 106 valence electrons. The van der Waals surface area contributed by atoms with Gasteiger partial charge in [0.2, 0.25) is 0 Å². The van der Waals surface area contributed by atoms with Gasteiger partial charge in [-0.25, -0.2) is 0 Å². The third kappa shape index (κ3) is 3.39. The fraction of sp³-hybridized carbons (Fsp3) is 0.600. The number of methoxy groups -OCH3 is 1. The number of hydrogen-bond acceptors (Lipinski definition) is 4. The number of benzene rings is 1. The molecule has 19 heavy (non-hydrogen) atoms. The maximum absolute atomic E-state index is 9.60. The first-order valence-corrected chi connectivity index (χ1v) is 6.92. The second-order valence-electron chi connectivity index (χ2n) is 5.34. The molecule has 0 spiro atoms. The number of likely N-dealkylation sites (N-methyl/N-ethyl adjacent to an activating group) is 1. The van der Waals surface area contributed by atoms with Gasteiger partial charge in [-0.1, -0.05) is 6.07 Å². The van der Waals surface area contributed by atoms with Gasteiger partial charge in [0.05, 0.1) is 7.11 Å². The molecule has 0 aromatic heterocycles. The summed E-state index contributed by atoms with van der Waals surface area (Å²) in [7, 11) is 3.76. The molecule has 2 rings (SSSR count). The van der Waals surface area contributed by atoms with Crippen molar-refractivity contribution in [2.24, 2.45) is 0 Å². The molecule has 1 heterocycles. The molecule has 0 aliphatic carbocycles. The maximum atomic E-state index is 9.60. The van der Waals surface area contributed by atoms with Crippen molar-refractivity contribution in [3.8, 4) is 11.5 Å². The molecule has 1 fully saturated rings. The molecule has 4 nitrogen and oxygen atoms in total. The van der Waals surface area contributed by atoms with Crippen molar-refractivity contribution in [2.45, 2.75) is 31.8 Å². The van der Waals surface area contributed by atoms with E-state index in [1.54, 1.807) is 13.2 Å². The lowest BCUT2D eigenvalue weighted by molar-refractivity contribution is 0.293. The van der Waals surface area contributed by atoms with Crippen molar-refractivity contribution < 1.29 is 9.84 Å². The number of nitrogens with one attached hydrogen (secondary N) is 1. The van der Waals surface area contributed by atoms with Crippen LogP contribution in [-0.2, 0) is 0 Å². The van der Waals surface area contributed by atoms with Gasteiger partial charge in [0.1, 0.15) is 0 Å². The highest BCUT2D eigenvalue weighted by Crippen LogP contribution is 2.28. The fourth-order valence-corrected chi connectivity index (χ4v) is 2.63. The molecule has 2 unspecified atom stereocenters. The van der Waals surface area contributed by atoms with Crippen LogP contribution in [0.1, 0.15) is 31.4 Å². The molecule has 2 atom stereocenters. The third-order valence-electron chi connectivity index (χ3n) is 4.03. The van der Waals surface area contributed by atoms with Gasteiger partial charge in [-0.2, -0.15) is 0 Å². The summed E-state index contributed by atoms with van der Waals surface area (Å²) in [6.07, 6.45) is 2.57. The summed E-state index contributed by atoms with van der Waals surface area (Å²) in [4.78, 5) is 2.41. The van der Waals surface area contributed by atoms with E-state index in [1.807, 2.05) is 12.1 Å². The zero-order chi connectivity index (χ0) is 13.8. The van der Waals surface area contributed by atoms with Gasteiger partial charge in [-0.05, 0) is 51.1 Å². The lowest BCUT2D eigenvalue weighted by Gasteiger charge is -2.23. The molecule has 0 amide bonds. The monoisotopic (exact) mass is 264 g/mol. The molecular formula is C15H24N2O2. The predicted octanol–water partition coefficient (Wildman–Crippen LogP) is 2.15. The van der Waals surface area contributed by atoms with E-state index in [0.29, 0.717) is 11.8 Å². The lowest BCUT2D eigenvalue weighted by atomic mass is 10.1. The second-order valence-corrected chi connectivity index (χ2v) is 5.34. The molecule has 1 saturated heterocycles. The Balaban J connectivity index is 1.94. The molecular weight excluding hydrogens is 240 g/mol. The van der Waals surface area contributed by atoms with Gasteiger partial charge in [0.25, 0.3) is 0 Å². The first-order chi connectivity index (χ1) is 9.11. The highest BCUT2D eigenvalue weighted by Gasteiger charge is 2.21. The van der Waals surface area contributed by atoms with Crippen molar-refractivity contribution in [3.63, 3.8) is 0 Å². The van der Waals surface area contributed by atoms with Gasteiger partial charge >= 0.3 is 0 Å². The van der Waals surface area contributed by atoms with Crippen LogP contribution in [0, 0.1) is 0 Å². The largest absolute Gasteiger partial charge is 0.504 e. The molecule has 2 N–H and O–H groups in total. The predicted molar refractivity (Wildman–Crippen MR) is 76.7 cm³/mol. The minimum absolute atomic E-state index is 0.189. The van der Waals surface area contributed by atoms with Crippen molar-refractivity contribution in [2.75, 3.05) is 27.2 Å². The van der Waals surface area contributed by atoms with E-state index in [1.165, 1.54) is 19.4 Å². The Bertz CT molecular complexity index is 423. The third-order valence-corrected chi connectivity index (χ3v) is 4.03. The fourth-order valence-electron chi connectivity index (χ4n) is 2.63. The number of nitrogens with zero attached hydrogens (tertiary/aromatic N) is 1. The molecule has 0 saturated carbocycles. The summed E-state index contributed by atoms with van der Waals surface area (Å²) in [5, 5.41) is 13.2. The molecule has 4 heteroatoms. The number of aromatic hydroxyl groups is 1. The Hall–Kier alpha value is -1.26. The van der Waals surface area contributed by atoms with Crippen LogP contribution in [0.15, 0.2) is 18.2 Å². The first-order valence-electron chi connectivity index (χ1n) is 6.92. The van der Waals surface area contributed by atoms with Crippen LogP contribution in [0.2, 0.25) is 0 Å². The van der Waals surface area contributed by atoms with Crippen molar-refractivity contribution >= 4 is 0 Å². The van der Waals surface area contributed by atoms with Crippen LogP contribution >= 0.6 is 0 Å². The normalized spacial score (nSPS) is 21.5. The topological polar surface area (TPSA) is 44.7 Å². The van der Waals surface area contributed by atoms with Gasteiger partial charge in [0.15, 0.2) is 11.5 Å². The summed E-state index contributed by atoms with van der Waals surface area (Å²) in [5.41, 5.74) is 1.13. The van der Waals surface area contributed by atoms with Crippen LogP contribution in [0.3, 0.4) is 0 Å². The summed E-state index contributed by atoms with van der Waals surface area (Å²) < 4.78 is 5.14. The van der Waals surface area contributed by atoms with E-state index < -0.39 is 0 Å². The van der Waals surface area contributed by atoms with Crippen molar-refractivity contribution in [1.82, 2.24) is 10.2 Å². The summed E-state index contributed by atoms with van der Waals surface area (Å²) in [6, 6.07) is 6.41. The average molecular weight is 264 g/mol. The van der Waals surface area contributed by atoms with Gasteiger partial charge in [0, 0.05) is 18.6 Å². The van der Waals surface area contributed by atoms with Gasteiger partial charge in [-0.3, -0.25) is 0 Å². The van der Waals surface area contributed by atoms with E-state index >= 15 is 0 Å². The summed E-state index contributed by atoms with van der Waals surface area (Å²) >= 11 is 0. The molecule has 0 radical (unpaired) electrons. The highest BCUT2D eigenvalue weighted by atomic mass is 16.5. The number of ether oxygens (including phenoxy) is 1. The van der Waals surface area contributed by atoms with Crippen LogP contribution < -0.4 is 10.1 Å². The zero-order valence-corrected chi connectivity index (χ0v) is 12.0. The Labute approximate surface area is 115 Å². The number of hydrogen-bond donors (Lipinski definition) is 2. The van der Waals surface area contributed by atoms with E-state index in [9.17, 15) is 5.11 Å². The minimum Gasteiger partial charge on any atom is -0.504 e. The average Bonchev–Trinajstić information content (AvgIpc) is 2.82. The van der Waals surface area contributed by atoms with Crippen molar-refractivity contribution in [3.05, 3.63) is 23.8 Å². The molecule has 1 aromatic rings. The quantitative estimate of drug-likeness (QED) is 0.855. The van der Waals surface area contributed by atoms with Crippen LogP contribution in [-0.4, -0.2) is 43.3 Å². The Morgan fingerprint density at radius 2 is 2.32 bits per heavy atom. The molecule has 0 bridgehead atoms. The van der Waals surface area contributed by atoms with Gasteiger partial charge in [-0.15, -0.1) is 0 Å². The Morgan fingerprint density at radius 3 is 2.95 bits per heavy atom. The summed E-state index contributed by atoms with van der Waals surface area (Å²) in [5.74, 6) is 0.720. The minimum atomic E-state index is 0.189. The Morgan fingerprint density at radius 1 is 1.53 bits per heavy atom. The van der Waals surface area contributed by atoms with E-state index in [4.69, 9.17) is 4.74 Å². The van der Waals surface area contributed by atoms with E-state index in [-0.39, 0.29) is 11.8 Å². The van der Waals surface area contributed by atoms with Crippen LogP contribution in [0.25, 0.3) is 0 Å².